The van der Waals surface area contributed by atoms with Crippen molar-refractivity contribution in [3.05, 3.63) is 63.8 Å². The van der Waals surface area contributed by atoms with Crippen LogP contribution in [-0.2, 0) is 6.54 Å². The maximum absolute atomic E-state index is 11.8. The topological polar surface area (TPSA) is 58.7 Å². The minimum atomic E-state index is -0.0113. The summed E-state index contributed by atoms with van der Waals surface area (Å²) in [5.74, 6) is 0. The molecule has 0 spiro atoms. The van der Waals surface area contributed by atoms with Crippen molar-refractivity contribution in [3.63, 3.8) is 0 Å². The zero-order valence-electron chi connectivity index (χ0n) is 9.42. The van der Waals surface area contributed by atoms with E-state index in [4.69, 9.17) is 5.26 Å². The Morgan fingerprint density at radius 3 is 3.06 bits per heavy atom. The molecule has 0 saturated heterocycles. The lowest BCUT2D eigenvalue weighted by molar-refractivity contribution is 0.751. The Labute approximate surface area is 98.8 Å². The Morgan fingerprint density at radius 2 is 2.29 bits per heavy atom. The molecule has 0 fully saturated rings. The van der Waals surface area contributed by atoms with Gasteiger partial charge >= 0.3 is 0 Å². The van der Waals surface area contributed by atoms with Crippen molar-refractivity contribution in [1.82, 2.24) is 9.55 Å². The second-order valence-corrected chi connectivity index (χ2v) is 3.79. The van der Waals surface area contributed by atoms with Crippen molar-refractivity contribution in [2.75, 3.05) is 0 Å². The largest absolute Gasteiger partial charge is 0.311 e. The molecule has 2 rings (SSSR count). The molecule has 0 unspecified atom stereocenters. The number of pyridine rings is 2. The van der Waals surface area contributed by atoms with Gasteiger partial charge in [-0.25, -0.2) is 4.98 Å². The fourth-order valence-corrected chi connectivity index (χ4v) is 1.61. The van der Waals surface area contributed by atoms with Crippen molar-refractivity contribution in [2.24, 2.45) is 0 Å². The summed E-state index contributed by atoms with van der Waals surface area (Å²) < 4.78 is 1.62. The molecule has 17 heavy (non-hydrogen) atoms. The Balaban J connectivity index is 2.35. The zero-order valence-corrected chi connectivity index (χ0v) is 9.42. The van der Waals surface area contributed by atoms with Crippen LogP contribution in [-0.4, -0.2) is 9.55 Å². The molecule has 0 saturated carbocycles. The highest BCUT2D eigenvalue weighted by molar-refractivity contribution is 5.25. The molecule has 0 bridgehead atoms. The van der Waals surface area contributed by atoms with Gasteiger partial charge < -0.3 is 4.57 Å². The van der Waals surface area contributed by atoms with E-state index in [0.29, 0.717) is 17.8 Å². The highest BCUT2D eigenvalue weighted by atomic mass is 16.1. The summed E-state index contributed by atoms with van der Waals surface area (Å²) in [6, 6.07) is 9.09. The van der Waals surface area contributed by atoms with Crippen molar-refractivity contribution in [3.8, 4) is 6.07 Å². The number of aromatic nitrogens is 2. The average molecular weight is 225 g/mol. The van der Waals surface area contributed by atoms with Crippen LogP contribution in [0.2, 0.25) is 0 Å². The van der Waals surface area contributed by atoms with Crippen LogP contribution in [0, 0.1) is 18.3 Å². The predicted octanol–water partition coefficient (Wildman–Crippen LogP) is 1.47. The van der Waals surface area contributed by atoms with E-state index in [2.05, 4.69) is 4.98 Å². The van der Waals surface area contributed by atoms with E-state index >= 15 is 0 Å². The number of hydrogen-bond acceptors (Lipinski definition) is 3. The van der Waals surface area contributed by atoms with E-state index in [1.807, 2.05) is 12.1 Å². The zero-order chi connectivity index (χ0) is 12.3. The number of rotatable bonds is 2. The van der Waals surface area contributed by atoms with Crippen molar-refractivity contribution >= 4 is 0 Å². The molecule has 4 nitrogen and oxygen atoms in total. The summed E-state index contributed by atoms with van der Waals surface area (Å²) in [4.78, 5) is 15.7. The third-order valence-corrected chi connectivity index (χ3v) is 2.50. The first kappa shape index (κ1) is 11.1. The van der Waals surface area contributed by atoms with E-state index in [0.717, 1.165) is 5.56 Å². The minimum Gasteiger partial charge on any atom is -0.311 e. The normalized spacial score (nSPS) is 9.88. The molecule has 0 N–H and O–H groups in total. The van der Waals surface area contributed by atoms with Crippen LogP contribution in [0.15, 0.2) is 41.5 Å². The van der Waals surface area contributed by atoms with Gasteiger partial charge in [0.15, 0.2) is 0 Å². The number of hydrogen-bond donors (Lipinski definition) is 0. The standard InChI is InChI=1S/C13H11N3O/c1-10-3-2-6-16(13(10)17)9-11-4-5-15-12(7-11)8-14/h2-7H,9H2,1H3. The lowest BCUT2D eigenvalue weighted by Crippen LogP contribution is -2.21. The molecule has 0 aliphatic rings. The average Bonchev–Trinajstić information content (AvgIpc) is 2.35. The highest BCUT2D eigenvalue weighted by Gasteiger charge is 2.01. The first-order valence-corrected chi connectivity index (χ1v) is 5.22. The van der Waals surface area contributed by atoms with E-state index in [1.54, 1.807) is 42.1 Å². The summed E-state index contributed by atoms with van der Waals surface area (Å²) in [6.45, 7) is 2.24. The van der Waals surface area contributed by atoms with E-state index < -0.39 is 0 Å². The van der Waals surface area contributed by atoms with Gasteiger partial charge in [-0.15, -0.1) is 0 Å². The van der Waals surface area contributed by atoms with Gasteiger partial charge in [-0.3, -0.25) is 4.79 Å². The lowest BCUT2D eigenvalue weighted by Gasteiger charge is -2.06. The SMILES string of the molecule is Cc1cccn(Cc2ccnc(C#N)c2)c1=O. The van der Waals surface area contributed by atoms with Crippen LogP contribution >= 0.6 is 0 Å². The van der Waals surface area contributed by atoms with Gasteiger partial charge in [-0.1, -0.05) is 6.07 Å². The second kappa shape index (κ2) is 4.62. The Morgan fingerprint density at radius 1 is 1.47 bits per heavy atom. The van der Waals surface area contributed by atoms with Crippen LogP contribution in [0.3, 0.4) is 0 Å². The molecule has 0 amide bonds. The Bertz CT molecular complexity index is 638. The summed E-state index contributed by atoms with van der Waals surface area (Å²) in [7, 11) is 0. The molecule has 0 atom stereocenters. The monoisotopic (exact) mass is 225 g/mol. The molecule has 4 heteroatoms. The quantitative estimate of drug-likeness (QED) is 0.777. The van der Waals surface area contributed by atoms with Crippen molar-refractivity contribution in [2.45, 2.75) is 13.5 Å². The van der Waals surface area contributed by atoms with Crippen LogP contribution in [0.25, 0.3) is 0 Å². The van der Waals surface area contributed by atoms with Gasteiger partial charge in [0.05, 0.1) is 6.54 Å². The van der Waals surface area contributed by atoms with Crippen LogP contribution in [0.1, 0.15) is 16.8 Å². The number of aryl methyl sites for hydroxylation is 1. The first-order chi connectivity index (χ1) is 8.20. The molecule has 0 radical (unpaired) electrons. The van der Waals surface area contributed by atoms with Crippen molar-refractivity contribution in [1.29, 1.82) is 5.26 Å². The molecule has 0 aromatic carbocycles. The summed E-state index contributed by atoms with van der Waals surface area (Å²) >= 11 is 0. The number of nitriles is 1. The smallest absolute Gasteiger partial charge is 0.253 e. The Kier molecular flexibility index (Phi) is 3.01. The maximum Gasteiger partial charge on any atom is 0.253 e. The summed E-state index contributed by atoms with van der Waals surface area (Å²) in [6.07, 6.45) is 3.32. The van der Waals surface area contributed by atoms with E-state index in [9.17, 15) is 4.79 Å². The summed E-state index contributed by atoms with van der Waals surface area (Å²) in [5, 5.41) is 8.75. The molecular formula is C13H11N3O. The molecular weight excluding hydrogens is 214 g/mol. The van der Waals surface area contributed by atoms with Gasteiger partial charge in [0.2, 0.25) is 0 Å². The van der Waals surface area contributed by atoms with Gasteiger partial charge in [0.1, 0.15) is 11.8 Å². The minimum absolute atomic E-state index is 0.0113. The molecule has 2 aromatic rings. The molecule has 2 aromatic heterocycles. The molecule has 0 aliphatic heterocycles. The van der Waals surface area contributed by atoms with Crippen LogP contribution < -0.4 is 5.56 Å². The third-order valence-electron chi connectivity index (χ3n) is 2.50. The molecule has 0 aliphatic carbocycles. The fraction of sp³-hybridized carbons (Fsp3) is 0.154. The first-order valence-electron chi connectivity index (χ1n) is 5.22. The highest BCUT2D eigenvalue weighted by Crippen LogP contribution is 2.03. The number of nitrogens with zero attached hydrogens (tertiary/aromatic N) is 3. The van der Waals surface area contributed by atoms with Crippen molar-refractivity contribution < 1.29 is 0 Å². The van der Waals surface area contributed by atoms with Gasteiger partial charge in [0, 0.05) is 18.0 Å². The van der Waals surface area contributed by atoms with Gasteiger partial charge in [-0.2, -0.15) is 5.26 Å². The fourth-order valence-electron chi connectivity index (χ4n) is 1.61. The molecule has 2 heterocycles. The van der Waals surface area contributed by atoms with Gasteiger partial charge in [-0.05, 0) is 30.7 Å². The summed E-state index contributed by atoms with van der Waals surface area (Å²) in [5.41, 5.74) is 1.96. The third kappa shape index (κ3) is 2.40. The second-order valence-electron chi connectivity index (χ2n) is 3.79. The predicted molar refractivity (Wildman–Crippen MR) is 63.5 cm³/mol. The van der Waals surface area contributed by atoms with E-state index in [1.165, 1.54) is 0 Å². The Hall–Kier alpha value is -2.41. The van der Waals surface area contributed by atoms with Gasteiger partial charge in [0.25, 0.3) is 5.56 Å². The maximum atomic E-state index is 11.8. The lowest BCUT2D eigenvalue weighted by atomic mass is 10.2. The van der Waals surface area contributed by atoms with E-state index in [-0.39, 0.29) is 5.56 Å². The van der Waals surface area contributed by atoms with Crippen LogP contribution in [0.5, 0.6) is 0 Å². The molecule has 84 valence electrons. The van der Waals surface area contributed by atoms with Crippen LogP contribution in [0.4, 0.5) is 0 Å².